The van der Waals surface area contributed by atoms with Gasteiger partial charge in [-0.25, -0.2) is 8.42 Å². The van der Waals surface area contributed by atoms with Crippen molar-refractivity contribution < 1.29 is 32.2 Å². The van der Waals surface area contributed by atoms with E-state index < -0.39 is 15.6 Å². The average Bonchev–Trinajstić information content (AvgIpc) is 2.78. The predicted molar refractivity (Wildman–Crippen MR) is 113 cm³/mol. The highest BCUT2D eigenvalue weighted by Crippen LogP contribution is 2.45. The van der Waals surface area contributed by atoms with Gasteiger partial charge in [-0.3, -0.25) is 4.79 Å². The van der Waals surface area contributed by atoms with Crippen LogP contribution in [0, 0.1) is 0 Å². The number of sulfonamides is 1. The molecule has 8 nitrogen and oxygen atoms in total. The van der Waals surface area contributed by atoms with Crippen molar-refractivity contribution in [3.63, 3.8) is 0 Å². The summed E-state index contributed by atoms with van der Waals surface area (Å²) in [6.45, 7) is 0.524. The van der Waals surface area contributed by atoms with E-state index in [0.29, 0.717) is 41.4 Å². The molecule has 9 heteroatoms. The average molecular weight is 448 g/mol. The fourth-order valence-corrected chi connectivity index (χ4v) is 5.60. The number of rotatable bonds is 5. The van der Waals surface area contributed by atoms with Gasteiger partial charge in [-0.1, -0.05) is 0 Å². The molecule has 2 aliphatic heterocycles. The third kappa shape index (κ3) is 3.83. The van der Waals surface area contributed by atoms with Crippen molar-refractivity contribution in [2.75, 3.05) is 34.4 Å². The van der Waals surface area contributed by atoms with Crippen molar-refractivity contribution in [3.05, 3.63) is 42.0 Å². The Balaban J connectivity index is 1.55. The van der Waals surface area contributed by atoms with E-state index in [1.807, 2.05) is 0 Å². The van der Waals surface area contributed by atoms with Gasteiger partial charge in [0.05, 0.1) is 32.6 Å². The van der Waals surface area contributed by atoms with Crippen LogP contribution >= 0.6 is 0 Å². The van der Waals surface area contributed by atoms with Crippen molar-refractivity contribution in [1.82, 2.24) is 4.31 Å². The molecular formula is C22H25NO7S. The van der Waals surface area contributed by atoms with E-state index in [-0.39, 0.29) is 30.2 Å². The molecule has 0 atom stereocenters. The summed E-state index contributed by atoms with van der Waals surface area (Å²) >= 11 is 0. The molecule has 0 N–H and O–H groups in total. The second-order valence-corrected chi connectivity index (χ2v) is 9.61. The molecule has 166 valence electrons. The molecule has 2 aromatic rings. The quantitative estimate of drug-likeness (QED) is 0.696. The van der Waals surface area contributed by atoms with E-state index in [4.69, 9.17) is 18.9 Å². The first kappa shape index (κ1) is 21.5. The van der Waals surface area contributed by atoms with Crippen molar-refractivity contribution in [3.8, 4) is 23.0 Å². The van der Waals surface area contributed by atoms with Gasteiger partial charge in [-0.15, -0.1) is 0 Å². The standard InChI is InChI=1S/C22H25NO7S/c1-27-15-4-6-17(7-5-15)31(25,26)23-10-8-22(9-11-23)14-18(24)21-19(29-3)12-16(28-2)13-20(21)30-22/h4-7,12-13H,8-11,14H2,1-3H3. The number of ether oxygens (including phenoxy) is 4. The van der Waals surface area contributed by atoms with Crippen LogP contribution in [-0.2, 0) is 10.0 Å². The van der Waals surface area contributed by atoms with Gasteiger partial charge >= 0.3 is 0 Å². The first-order valence-corrected chi connectivity index (χ1v) is 11.4. The molecule has 0 aliphatic carbocycles. The van der Waals surface area contributed by atoms with Crippen molar-refractivity contribution in [2.45, 2.75) is 29.8 Å². The van der Waals surface area contributed by atoms with Gasteiger partial charge in [0.25, 0.3) is 0 Å². The van der Waals surface area contributed by atoms with Crippen LogP contribution in [0.5, 0.6) is 23.0 Å². The molecule has 0 unspecified atom stereocenters. The second kappa shape index (κ2) is 8.05. The van der Waals surface area contributed by atoms with Crippen LogP contribution in [0.2, 0.25) is 0 Å². The molecule has 2 aliphatic rings. The molecule has 2 heterocycles. The fraction of sp³-hybridized carbons (Fsp3) is 0.409. The maximum atomic E-state index is 13.0. The summed E-state index contributed by atoms with van der Waals surface area (Å²) in [6, 6.07) is 9.65. The summed E-state index contributed by atoms with van der Waals surface area (Å²) < 4.78 is 49.5. The third-order valence-electron chi connectivity index (χ3n) is 5.91. The minimum atomic E-state index is -3.64. The summed E-state index contributed by atoms with van der Waals surface area (Å²) in [7, 11) is 0.917. The number of ketones is 1. The van der Waals surface area contributed by atoms with Gasteiger partial charge in [0.2, 0.25) is 10.0 Å². The van der Waals surface area contributed by atoms with Crippen molar-refractivity contribution in [2.24, 2.45) is 0 Å². The van der Waals surface area contributed by atoms with E-state index in [1.54, 1.807) is 24.3 Å². The lowest BCUT2D eigenvalue weighted by Crippen LogP contribution is -2.52. The lowest BCUT2D eigenvalue weighted by Gasteiger charge is -2.43. The Kier molecular flexibility index (Phi) is 5.57. The SMILES string of the molecule is COc1ccc(S(=O)(=O)N2CCC3(CC2)CC(=O)c2c(OC)cc(OC)cc2O3)cc1. The van der Waals surface area contributed by atoms with Crippen molar-refractivity contribution in [1.29, 1.82) is 0 Å². The molecular weight excluding hydrogens is 422 g/mol. The summed E-state index contributed by atoms with van der Waals surface area (Å²) in [5, 5.41) is 0. The molecule has 0 aromatic heterocycles. The zero-order valence-electron chi connectivity index (χ0n) is 17.7. The van der Waals surface area contributed by atoms with Gasteiger partial charge in [-0.2, -0.15) is 4.31 Å². The van der Waals surface area contributed by atoms with Gasteiger partial charge in [0.15, 0.2) is 5.78 Å². The topological polar surface area (TPSA) is 91.4 Å². The van der Waals surface area contributed by atoms with E-state index in [0.717, 1.165) is 0 Å². The fourth-order valence-electron chi connectivity index (χ4n) is 4.16. The van der Waals surface area contributed by atoms with Crippen molar-refractivity contribution >= 4 is 15.8 Å². The number of hydrogen-bond acceptors (Lipinski definition) is 7. The maximum absolute atomic E-state index is 13.0. The molecule has 1 saturated heterocycles. The number of hydrogen-bond donors (Lipinski definition) is 0. The highest BCUT2D eigenvalue weighted by Gasteiger charge is 2.46. The van der Waals surface area contributed by atoms with Crippen LogP contribution in [0.1, 0.15) is 29.6 Å². The Morgan fingerprint density at radius 2 is 1.58 bits per heavy atom. The van der Waals surface area contributed by atoms with Gasteiger partial charge in [-0.05, 0) is 24.3 Å². The number of carbonyl (C=O) groups is 1. The third-order valence-corrected chi connectivity index (χ3v) is 7.83. The summed E-state index contributed by atoms with van der Waals surface area (Å²) in [6.07, 6.45) is 0.999. The van der Waals surface area contributed by atoms with Gasteiger partial charge in [0.1, 0.15) is 34.2 Å². The number of Topliss-reactive ketones (excluding diaryl/α,β-unsaturated/α-hetero) is 1. The lowest BCUT2D eigenvalue weighted by molar-refractivity contribution is 0.00538. The number of methoxy groups -OCH3 is 3. The zero-order chi connectivity index (χ0) is 22.2. The van der Waals surface area contributed by atoms with E-state index in [2.05, 4.69) is 0 Å². The van der Waals surface area contributed by atoms with E-state index >= 15 is 0 Å². The first-order valence-electron chi connectivity index (χ1n) is 9.94. The molecule has 0 bridgehead atoms. The number of nitrogens with zero attached hydrogens (tertiary/aromatic N) is 1. The Labute approximate surface area is 181 Å². The number of piperidine rings is 1. The number of fused-ring (bicyclic) bond motifs is 1. The number of benzene rings is 2. The molecule has 0 saturated carbocycles. The van der Waals surface area contributed by atoms with Crippen LogP contribution in [-0.4, -0.2) is 58.5 Å². The Morgan fingerprint density at radius 1 is 0.935 bits per heavy atom. The molecule has 2 aromatic carbocycles. The van der Waals surface area contributed by atoms with Gasteiger partial charge in [0, 0.05) is 38.1 Å². The van der Waals surface area contributed by atoms with Crippen LogP contribution in [0.25, 0.3) is 0 Å². The van der Waals surface area contributed by atoms with E-state index in [9.17, 15) is 13.2 Å². The first-order chi connectivity index (χ1) is 14.8. The molecule has 4 rings (SSSR count). The largest absolute Gasteiger partial charge is 0.497 e. The smallest absolute Gasteiger partial charge is 0.243 e. The molecule has 0 amide bonds. The predicted octanol–water partition coefficient (Wildman–Crippen LogP) is 2.90. The Hall–Kier alpha value is -2.78. The monoisotopic (exact) mass is 447 g/mol. The highest BCUT2D eigenvalue weighted by atomic mass is 32.2. The van der Waals surface area contributed by atoms with Gasteiger partial charge < -0.3 is 18.9 Å². The summed E-state index contributed by atoms with van der Waals surface area (Å²) in [4.78, 5) is 13.2. The summed E-state index contributed by atoms with van der Waals surface area (Å²) in [5.41, 5.74) is -0.338. The Morgan fingerprint density at radius 3 is 2.16 bits per heavy atom. The lowest BCUT2D eigenvalue weighted by atomic mass is 9.82. The number of carbonyl (C=O) groups excluding carboxylic acids is 1. The maximum Gasteiger partial charge on any atom is 0.243 e. The molecule has 31 heavy (non-hydrogen) atoms. The highest BCUT2D eigenvalue weighted by molar-refractivity contribution is 7.89. The normalized spacial score (nSPS) is 18.2. The van der Waals surface area contributed by atoms with Crippen LogP contribution in [0.4, 0.5) is 0 Å². The Bertz CT molecular complexity index is 1090. The minimum Gasteiger partial charge on any atom is -0.497 e. The zero-order valence-corrected chi connectivity index (χ0v) is 18.5. The minimum absolute atomic E-state index is 0.0767. The second-order valence-electron chi connectivity index (χ2n) is 7.67. The molecule has 1 fully saturated rings. The van der Waals surface area contributed by atoms with E-state index in [1.165, 1.54) is 37.8 Å². The van der Waals surface area contributed by atoms with Crippen LogP contribution in [0.15, 0.2) is 41.3 Å². The van der Waals surface area contributed by atoms with Crippen LogP contribution < -0.4 is 18.9 Å². The molecule has 1 spiro atoms. The summed E-state index contributed by atoms with van der Waals surface area (Å²) in [5.74, 6) is 1.87. The van der Waals surface area contributed by atoms with Crippen LogP contribution in [0.3, 0.4) is 0 Å². The molecule has 0 radical (unpaired) electrons.